The van der Waals surface area contributed by atoms with Gasteiger partial charge in [-0.3, -0.25) is 9.59 Å². The van der Waals surface area contributed by atoms with E-state index in [1.807, 2.05) is 0 Å². The molecule has 0 radical (unpaired) electrons. The van der Waals surface area contributed by atoms with E-state index >= 15 is 0 Å². The number of carbonyl (C=O) groups is 3. The van der Waals surface area contributed by atoms with Crippen molar-refractivity contribution in [2.75, 3.05) is 13.7 Å². The van der Waals surface area contributed by atoms with E-state index in [1.54, 1.807) is 12.1 Å². The number of aromatic hydroxyl groups is 1. The zero-order chi connectivity index (χ0) is 29.8. The number of hydrogen-bond acceptors (Lipinski definition) is 5. The van der Waals surface area contributed by atoms with Gasteiger partial charge in [0.1, 0.15) is 17.6 Å². The van der Waals surface area contributed by atoms with E-state index < -0.39 is 35.4 Å². The van der Waals surface area contributed by atoms with Gasteiger partial charge in [0.05, 0.1) is 7.11 Å². The standard InChI is InChI=1S/C31H31F3N2O5/c1-41-31(40)28(18-21-8-13-24(37)14-9-21)36-29(38)5-3-2-4-16-35-30(39)25(17-20-6-11-23(32)12-7-20)22-10-15-26(33)27(34)19-22/h6-15,17,19,28,37H,2-5,16,18H2,1H3,(H,35,39)(H,36,38)/b25-17-. The lowest BCUT2D eigenvalue weighted by molar-refractivity contribution is -0.145. The van der Waals surface area contributed by atoms with E-state index in [4.69, 9.17) is 4.74 Å². The summed E-state index contributed by atoms with van der Waals surface area (Å²) in [6, 6.07) is 13.9. The van der Waals surface area contributed by atoms with Crippen molar-refractivity contribution in [1.82, 2.24) is 10.6 Å². The molecule has 41 heavy (non-hydrogen) atoms. The van der Waals surface area contributed by atoms with Gasteiger partial charge in [-0.15, -0.1) is 0 Å². The normalized spacial score (nSPS) is 12.0. The Kier molecular flexibility index (Phi) is 11.5. The predicted molar refractivity (Wildman–Crippen MR) is 148 cm³/mol. The van der Waals surface area contributed by atoms with Crippen LogP contribution in [-0.4, -0.2) is 42.6 Å². The fourth-order valence-electron chi connectivity index (χ4n) is 4.02. The number of amides is 2. The molecule has 0 bridgehead atoms. The first-order chi connectivity index (χ1) is 19.7. The van der Waals surface area contributed by atoms with E-state index in [2.05, 4.69) is 10.6 Å². The van der Waals surface area contributed by atoms with Crippen LogP contribution < -0.4 is 10.6 Å². The van der Waals surface area contributed by atoms with Crippen molar-refractivity contribution in [3.05, 3.63) is 101 Å². The highest BCUT2D eigenvalue weighted by Crippen LogP contribution is 2.21. The van der Waals surface area contributed by atoms with E-state index in [-0.39, 0.29) is 42.2 Å². The number of benzene rings is 3. The number of ether oxygens (including phenoxy) is 1. The molecule has 1 atom stereocenters. The zero-order valence-corrected chi connectivity index (χ0v) is 22.5. The van der Waals surface area contributed by atoms with E-state index in [0.29, 0.717) is 24.8 Å². The second-order valence-electron chi connectivity index (χ2n) is 9.32. The largest absolute Gasteiger partial charge is 0.508 e. The van der Waals surface area contributed by atoms with Crippen molar-refractivity contribution in [1.29, 1.82) is 0 Å². The van der Waals surface area contributed by atoms with Crippen LogP contribution >= 0.6 is 0 Å². The monoisotopic (exact) mass is 568 g/mol. The van der Waals surface area contributed by atoms with Gasteiger partial charge in [0.2, 0.25) is 5.91 Å². The van der Waals surface area contributed by atoms with E-state index in [1.165, 1.54) is 55.7 Å². The topological polar surface area (TPSA) is 105 Å². The molecule has 0 aliphatic rings. The van der Waals surface area contributed by atoms with Crippen LogP contribution in [-0.2, 0) is 25.5 Å². The van der Waals surface area contributed by atoms with Crippen molar-refractivity contribution >= 4 is 29.4 Å². The molecule has 0 aromatic heterocycles. The maximum Gasteiger partial charge on any atom is 0.328 e. The van der Waals surface area contributed by atoms with Gasteiger partial charge in [-0.1, -0.05) is 36.8 Å². The number of methoxy groups -OCH3 is 1. The summed E-state index contributed by atoms with van der Waals surface area (Å²) in [7, 11) is 1.24. The number of rotatable bonds is 13. The minimum Gasteiger partial charge on any atom is -0.508 e. The van der Waals surface area contributed by atoms with E-state index in [9.17, 15) is 32.7 Å². The Labute approximate surface area is 236 Å². The van der Waals surface area contributed by atoms with Crippen molar-refractivity contribution in [3.63, 3.8) is 0 Å². The second-order valence-corrected chi connectivity index (χ2v) is 9.32. The highest BCUT2D eigenvalue weighted by Gasteiger charge is 2.22. The Morgan fingerprint density at radius 1 is 0.902 bits per heavy atom. The highest BCUT2D eigenvalue weighted by atomic mass is 19.2. The van der Waals surface area contributed by atoms with Gasteiger partial charge < -0.3 is 20.5 Å². The summed E-state index contributed by atoms with van der Waals surface area (Å²) < 4.78 is 45.4. The number of carbonyl (C=O) groups excluding carboxylic acids is 3. The van der Waals surface area contributed by atoms with Crippen LogP contribution in [0.15, 0.2) is 66.7 Å². The van der Waals surface area contributed by atoms with Crippen molar-refractivity contribution in [2.24, 2.45) is 0 Å². The summed E-state index contributed by atoms with van der Waals surface area (Å²) in [6.07, 6.45) is 3.45. The van der Waals surface area contributed by atoms with Crippen molar-refractivity contribution in [2.45, 2.75) is 38.1 Å². The summed E-state index contributed by atoms with van der Waals surface area (Å²) in [4.78, 5) is 37.5. The van der Waals surface area contributed by atoms with Gasteiger partial charge in [0, 0.05) is 25.0 Å². The summed E-state index contributed by atoms with van der Waals surface area (Å²) in [5.41, 5.74) is 1.49. The predicted octanol–water partition coefficient (Wildman–Crippen LogP) is 4.93. The summed E-state index contributed by atoms with van der Waals surface area (Å²) in [5.74, 6) is -3.94. The third kappa shape index (κ3) is 9.82. The number of phenolic OH excluding ortho intramolecular Hbond substituents is 1. The average molecular weight is 569 g/mol. The Morgan fingerprint density at radius 3 is 2.27 bits per heavy atom. The second kappa shape index (κ2) is 15.3. The Hall–Kier alpha value is -4.60. The molecule has 3 rings (SSSR count). The molecule has 0 saturated carbocycles. The number of unbranched alkanes of at least 4 members (excludes halogenated alkanes) is 2. The molecule has 0 aliphatic carbocycles. The third-order valence-electron chi connectivity index (χ3n) is 6.22. The molecule has 0 aliphatic heterocycles. The highest BCUT2D eigenvalue weighted by molar-refractivity contribution is 6.24. The van der Waals surface area contributed by atoms with Crippen LogP contribution in [0.2, 0.25) is 0 Å². The molecule has 0 heterocycles. The molecule has 0 saturated heterocycles. The number of esters is 1. The number of phenols is 1. The molecule has 0 fully saturated rings. The van der Waals surface area contributed by atoms with Gasteiger partial charge in [-0.2, -0.15) is 0 Å². The van der Waals surface area contributed by atoms with Crippen LogP contribution in [0.25, 0.3) is 11.6 Å². The smallest absolute Gasteiger partial charge is 0.328 e. The van der Waals surface area contributed by atoms with Gasteiger partial charge >= 0.3 is 5.97 Å². The van der Waals surface area contributed by atoms with Crippen LogP contribution in [0.5, 0.6) is 5.75 Å². The van der Waals surface area contributed by atoms with Crippen LogP contribution in [0.1, 0.15) is 42.4 Å². The van der Waals surface area contributed by atoms with Crippen molar-refractivity contribution < 1.29 is 37.4 Å². The molecule has 3 aromatic carbocycles. The van der Waals surface area contributed by atoms with Gasteiger partial charge in [0.25, 0.3) is 5.91 Å². The number of halogens is 3. The summed E-state index contributed by atoms with van der Waals surface area (Å²) in [6.45, 7) is 0.260. The maximum absolute atomic E-state index is 13.9. The molecule has 1 unspecified atom stereocenters. The van der Waals surface area contributed by atoms with Crippen LogP contribution in [0.3, 0.4) is 0 Å². The number of hydrogen-bond donors (Lipinski definition) is 3. The lowest BCUT2D eigenvalue weighted by Crippen LogP contribution is -2.43. The molecule has 7 nitrogen and oxygen atoms in total. The summed E-state index contributed by atoms with van der Waals surface area (Å²) in [5, 5.41) is 14.8. The first kappa shape index (κ1) is 30.9. The molecule has 10 heteroatoms. The quantitative estimate of drug-likeness (QED) is 0.117. The Bertz CT molecular complexity index is 1380. The Balaban J connectivity index is 1.50. The minimum absolute atomic E-state index is 0.0809. The zero-order valence-electron chi connectivity index (χ0n) is 22.5. The maximum atomic E-state index is 13.9. The van der Waals surface area contributed by atoms with Crippen molar-refractivity contribution in [3.8, 4) is 5.75 Å². The lowest BCUT2D eigenvalue weighted by Gasteiger charge is -2.16. The van der Waals surface area contributed by atoms with Crippen LogP contribution in [0.4, 0.5) is 13.2 Å². The molecule has 3 aromatic rings. The Morgan fingerprint density at radius 2 is 1.61 bits per heavy atom. The molecule has 3 N–H and O–H groups in total. The lowest BCUT2D eigenvalue weighted by atomic mass is 10.0. The SMILES string of the molecule is COC(=O)C(Cc1ccc(O)cc1)NC(=O)CCCCCNC(=O)/C(=C\c1ccc(F)cc1)c1ccc(F)c(F)c1. The number of nitrogens with one attached hydrogen (secondary N) is 2. The fourth-order valence-corrected chi connectivity index (χ4v) is 4.02. The molecular formula is C31H31F3N2O5. The van der Waals surface area contributed by atoms with Crippen LogP contribution in [0, 0.1) is 17.5 Å². The molecule has 2 amide bonds. The molecule has 216 valence electrons. The average Bonchev–Trinajstić information content (AvgIpc) is 2.96. The first-order valence-corrected chi connectivity index (χ1v) is 13.0. The van der Waals surface area contributed by atoms with Gasteiger partial charge in [-0.25, -0.2) is 18.0 Å². The summed E-state index contributed by atoms with van der Waals surface area (Å²) >= 11 is 0. The van der Waals surface area contributed by atoms with Gasteiger partial charge in [-0.05, 0) is 72.0 Å². The molecule has 0 spiro atoms. The first-order valence-electron chi connectivity index (χ1n) is 13.0. The van der Waals surface area contributed by atoms with E-state index in [0.717, 1.165) is 17.7 Å². The van der Waals surface area contributed by atoms with Gasteiger partial charge in [0.15, 0.2) is 11.6 Å². The molecular weight excluding hydrogens is 537 g/mol. The fraction of sp³-hybridized carbons (Fsp3) is 0.258. The minimum atomic E-state index is -1.10. The third-order valence-corrected chi connectivity index (χ3v) is 6.22.